The average molecular weight is 421 g/mol. The Labute approximate surface area is 169 Å². The molecule has 150 valence electrons. The van der Waals surface area contributed by atoms with E-state index >= 15 is 0 Å². The van der Waals surface area contributed by atoms with Gasteiger partial charge in [0, 0.05) is 31.0 Å². The Morgan fingerprint density at radius 1 is 1.14 bits per heavy atom. The molecule has 4 rings (SSSR count). The number of carbonyl (C=O) groups is 1. The summed E-state index contributed by atoms with van der Waals surface area (Å²) in [5.74, 6) is -0.287. The molecule has 0 saturated heterocycles. The topological polar surface area (TPSA) is 73.6 Å². The van der Waals surface area contributed by atoms with E-state index in [0.717, 1.165) is 12.1 Å². The molecule has 6 nitrogen and oxygen atoms in total. The van der Waals surface area contributed by atoms with Gasteiger partial charge >= 0.3 is 0 Å². The highest BCUT2D eigenvalue weighted by molar-refractivity contribution is 6.34. The molecular weight excluding hydrogens is 406 g/mol. The van der Waals surface area contributed by atoms with Crippen LogP contribution in [0.15, 0.2) is 40.9 Å². The maximum absolute atomic E-state index is 13.8. The first-order chi connectivity index (χ1) is 14.0. The number of amides is 1. The minimum absolute atomic E-state index is 0.0661. The molecule has 0 spiro atoms. The third-order valence-electron chi connectivity index (χ3n) is 4.22. The second-order valence-electron chi connectivity index (χ2n) is 6.27. The van der Waals surface area contributed by atoms with Crippen molar-refractivity contribution in [1.82, 2.24) is 4.98 Å². The third-order valence-corrected chi connectivity index (χ3v) is 4.53. The summed E-state index contributed by atoms with van der Waals surface area (Å²) in [5.41, 5.74) is 0.500. The number of anilines is 1. The molecule has 0 unspecified atom stereocenters. The third kappa shape index (κ3) is 4.32. The van der Waals surface area contributed by atoms with Crippen molar-refractivity contribution in [3.05, 3.63) is 59.1 Å². The summed E-state index contributed by atoms with van der Waals surface area (Å²) < 4.78 is 43.2. The maximum atomic E-state index is 13.8. The van der Waals surface area contributed by atoms with Gasteiger partial charge in [0.2, 0.25) is 5.91 Å². The summed E-state index contributed by atoms with van der Waals surface area (Å²) in [6.07, 6.45) is 1.59. The molecule has 1 aromatic heterocycles. The number of fused-ring (bicyclic) bond motifs is 1. The molecule has 0 bridgehead atoms. The number of benzene rings is 2. The van der Waals surface area contributed by atoms with Crippen LogP contribution >= 0.6 is 11.6 Å². The van der Waals surface area contributed by atoms with Gasteiger partial charge in [-0.25, -0.2) is 13.8 Å². The minimum atomic E-state index is -0.751. The van der Waals surface area contributed by atoms with Crippen LogP contribution in [-0.2, 0) is 11.2 Å². The molecule has 29 heavy (non-hydrogen) atoms. The lowest BCUT2D eigenvalue weighted by molar-refractivity contribution is -0.116. The number of halogens is 3. The van der Waals surface area contributed by atoms with Crippen LogP contribution < -0.4 is 14.8 Å². The zero-order chi connectivity index (χ0) is 20.4. The first-order valence-corrected chi connectivity index (χ1v) is 9.16. The van der Waals surface area contributed by atoms with Gasteiger partial charge in [0.1, 0.15) is 24.8 Å². The number of nitrogens with one attached hydrogen (secondary N) is 1. The lowest BCUT2D eigenvalue weighted by atomic mass is 10.2. The molecule has 3 aromatic rings. The maximum Gasteiger partial charge on any atom is 0.224 e. The Hall–Kier alpha value is -3.13. The number of hydrogen-bond donors (Lipinski definition) is 1. The standard InChI is InChI=1S/C20H15ClF2N2O4/c21-13-8-16-17(28-6-5-27-16)9-15(13)25-19(26)3-4-20-24-10-18(29-20)12-2-1-11(22)7-14(12)23/h1-2,7-10H,3-6H2,(H,25,26). The van der Waals surface area contributed by atoms with E-state index in [1.807, 2.05) is 0 Å². The van der Waals surface area contributed by atoms with Crippen LogP contribution in [0.25, 0.3) is 11.3 Å². The minimum Gasteiger partial charge on any atom is -0.486 e. The SMILES string of the molecule is O=C(CCc1ncc(-c2ccc(F)cc2F)o1)Nc1cc2c(cc1Cl)OCCO2. The molecule has 1 N–H and O–H groups in total. The molecule has 0 fully saturated rings. The first-order valence-electron chi connectivity index (χ1n) is 8.79. The highest BCUT2D eigenvalue weighted by Gasteiger charge is 2.17. The summed E-state index contributed by atoms with van der Waals surface area (Å²) in [6, 6.07) is 6.36. The van der Waals surface area contributed by atoms with Gasteiger partial charge in [-0.1, -0.05) is 11.6 Å². The van der Waals surface area contributed by atoms with Crippen LogP contribution in [-0.4, -0.2) is 24.1 Å². The Balaban J connectivity index is 1.39. The number of nitrogens with zero attached hydrogens (tertiary/aromatic N) is 1. The second kappa shape index (κ2) is 8.08. The summed E-state index contributed by atoms with van der Waals surface area (Å²) in [6.45, 7) is 0.859. The van der Waals surface area contributed by atoms with Crippen LogP contribution in [0.5, 0.6) is 11.5 Å². The zero-order valence-electron chi connectivity index (χ0n) is 15.0. The summed E-state index contributed by atoms with van der Waals surface area (Å²) >= 11 is 6.18. The monoisotopic (exact) mass is 420 g/mol. The van der Waals surface area contributed by atoms with Crippen molar-refractivity contribution in [3.8, 4) is 22.8 Å². The molecule has 2 aromatic carbocycles. The second-order valence-corrected chi connectivity index (χ2v) is 6.67. The van der Waals surface area contributed by atoms with E-state index in [1.165, 1.54) is 12.3 Å². The normalized spacial score (nSPS) is 12.7. The van der Waals surface area contributed by atoms with Crippen LogP contribution in [0.3, 0.4) is 0 Å². The number of oxazole rings is 1. The average Bonchev–Trinajstić information content (AvgIpc) is 3.16. The lowest BCUT2D eigenvalue weighted by Crippen LogP contribution is -2.17. The molecule has 0 aliphatic carbocycles. The van der Waals surface area contributed by atoms with Gasteiger partial charge in [-0.05, 0) is 12.1 Å². The molecular formula is C20H15ClF2N2O4. The van der Waals surface area contributed by atoms with Crippen LogP contribution in [0.1, 0.15) is 12.3 Å². The van der Waals surface area contributed by atoms with Crippen molar-refractivity contribution in [2.75, 3.05) is 18.5 Å². The number of aromatic nitrogens is 1. The molecule has 1 amide bonds. The van der Waals surface area contributed by atoms with Gasteiger partial charge in [0.25, 0.3) is 0 Å². The number of ether oxygens (including phenoxy) is 2. The van der Waals surface area contributed by atoms with Gasteiger partial charge in [-0.3, -0.25) is 4.79 Å². The van der Waals surface area contributed by atoms with Crippen molar-refractivity contribution in [3.63, 3.8) is 0 Å². The Morgan fingerprint density at radius 3 is 2.66 bits per heavy atom. The van der Waals surface area contributed by atoms with Gasteiger partial charge in [-0.2, -0.15) is 0 Å². The predicted octanol–water partition coefficient (Wildman–Crippen LogP) is 4.62. The highest BCUT2D eigenvalue weighted by atomic mass is 35.5. The summed E-state index contributed by atoms with van der Waals surface area (Å²) in [7, 11) is 0. The number of hydrogen-bond acceptors (Lipinski definition) is 5. The quantitative estimate of drug-likeness (QED) is 0.652. The molecule has 0 radical (unpaired) electrons. The van der Waals surface area contributed by atoms with E-state index in [9.17, 15) is 13.6 Å². The summed E-state index contributed by atoms with van der Waals surface area (Å²) in [4.78, 5) is 16.3. The fourth-order valence-electron chi connectivity index (χ4n) is 2.83. The molecule has 1 aliphatic heterocycles. The number of aryl methyl sites for hydroxylation is 1. The van der Waals surface area contributed by atoms with Crippen LogP contribution in [0, 0.1) is 11.6 Å². The number of carbonyl (C=O) groups excluding carboxylic acids is 1. The van der Waals surface area contributed by atoms with Crippen LogP contribution in [0.2, 0.25) is 5.02 Å². The smallest absolute Gasteiger partial charge is 0.224 e. The van der Waals surface area contributed by atoms with Gasteiger partial charge in [0.05, 0.1) is 22.5 Å². The first kappa shape index (κ1) is 19.2. The highest BCUT2D eigenvalue weighted by Crippen LogP contribution is 2.38. The van der Waals surface area contributed by atoms with Crippen molar-refractivity contribution in [1.29, 1.82) is 0 Å². The van der Waals surface area contributed by atoms with Crippen molar-refractivity contribution < 1.29 is 27.5 Å². The predicted molar refractivity (Wildman–Crippen MR) is 101 cm³/mol. The lowest BCUT2D eigenvalue weighted by Gasteiger charge is -2.20. The molecule has 2 heterocycles. The fraction of sp³-hybridized carbons (Fsp3) is 0.200. The van der Waals surface area contributed by atoms with Crippen molar-refractivity contribution >= 4 is 23.2 Å². The molecule has 9 heteroatoms. The Bertz CT molecular complexity index is 1070. The molecule has 0 saturated carbocycles. The van der Waals surface area contributed by atoms with Gasteiger partial charge in [0.15, 0.2) is 23.1 Å². The van der Waals surface area contributed by atoms with E-state index in [0.29, 0.717) is 35.4 Å². The van der Waals surface area contributed by atoms with E-state index in [1.54, 1.807) is 12.1 Å². The summed E-state index contributed by atoms with van der Waals surface area (Å²) in [5, 5.41) is 3.03. The fourth-order valence-corrected chi connectivity index (χ4v) is 3.03. The van der Waals surface area contributed by atoms with E-state index in [2.05, 4.69) is 10.3 Å². The van der Waals surface area contributed by atoms with E-state index in [-0.39, 0.29) is 36.0 Å². The largest absolute Gasteiger partial charge is 0.486 e. The number of rotatable bonds is 5. The Morgan fingerprint density at radius 2 is 1.90 bits per heavy atom. The van der Waals surface area contributed by atoms with Gasteiger partial charge < -0.3 is 19.2 Å². The molecule has 1 aliphatic rings. The van der Waals surface area contributed by atoms with E-state index < -0.39 is 11.6 Å². The zero-order valence-corrected chi connectivity index (χ0v) is 15.8. The van der Waals surface area contributed by atoms with Crippen molar-refractivity contribution in [2.24, 2.45) is 0 Å². The van der Waals surface area contributed by atoms with Crippen LogP contribution in [0.4, 0.5) is 14.5 Å². The van der Waals surface area contributed by atoms with Crippen molar-refractivity contribution in [2.45, 2.75) is 12.8 Å². The van der Waals surface area contributed by atoms with Gasteiger partial charge in [-0.15, -0.1) is 0 Å². The Kier molecular flexibility index (Phi) is 5.35. The van der Waals surface area contributed by atoms with E-state index in [4.69, 9.17) is 25.5 Å². The molecule has 0 atom stereocenters.